The molecule has 0 aliphatic rings. The second kappa shape index (κ2) is 3480. The molecular weight excluding hydrogens is 845 g/mol. The van der Waals surface area contributed by atoms with Crippen molar-refractivity contribution in [1.29, 1.82) is 0 Å². The van der Waals surface area contributed by atoms with Crippen molar-refractivity contribution in [1.82, 2.24) is 0 Å². The summed E-state index contributed by atoms with van der Waals surface area (Å²) in [7, 11) is 5.45. The highest BCUT2D eigenvalue weighted by Gasteiger charge is 1.43. The Balaban J connectivity index is -0.00000000175. The van der Waals surface area contributed by atoms with Crippen molar-refractivity contribution in [2.75, 3.05) is 19.4 Å². The summed E-state index contributed by atoms with van der Waals surface area (Å²) in [6.07, 6.45) is 27.3. The molecule has 0 aliphatic heterocycles. The van der Waals surface area contributed by atoms with Gasteiger partial charge in [0.2, 0.25) is 0 Å². The van der Waals surface area contributed by atoms with Crippen LogP contribution in [0.1, 0.15) is 407 Å². The van der Waals surface area contributed by atoms with E-state index in [0.717, 1.165) is 0 Å². The Morgan fingerprint density at radius 2 is 0.194 bits per heavy atom. The highest BCUT2D eigenvalue weighted by Crippen LogP contribution is 1.68. The highest BCUT2D eigenvalue weighted by atomic mass is 31.0. The smallest absolute Gasteiger partial charge is 0.0498 e. The fourth-order valence-corrected chi connectivity index (χ4v) is 0. The first-order valence-corrected chi connectivity index (χ1v) is 16.6. The van der Waals surface area contributed by atoms with Crippen LogP contribution in [0.25, 0.3) is 0 Å². The summed E-state index contributed by atoms with van der Waals surface area (Å²) >= 11 is 0. The molecule has 0 radical (unpaired) electrons. The molecule has 0 spiro atoms. The van der Waals surface area contributed by atoms with Gasteiger partial charge in [-0.25, -0.2) is 0 Å². The zero-order valence-electron chi connectivity index (χ0n) is 29.7. The maximum atomic E-state index is 4.50. The van der Waals surface area contributed by atoms with Gasteiger partial charge in [0, 0.05) is 12.3 Å². The number of rotatable bonds is 0. The fourth-order valence-electron chi connectivity index (χ4n) is 0. The van der Waals surface area contributed by atoms with Crippen molar-refractivity contribution in [3.05, 3.63) is 0 Å². The Hall–Kier alpha value is -0.0600. The summed E-state index contributed by atoms with van der Waals surface area (Å²) < 4.78 is 0. The van der Waals surface area contributed by atoms with Crippen molar-refractivity contribution in [2.24, 2.45) is 5.73 Å². The third-order valence-corrected chi connectivity index (χ3v) is 0. The number of terminal acetylenes is 2. The van der Waals surface area contributed by atoms with E-state index >= 15 is 0 Å². The van der Waals surface area contributed by atoms with E-state index in [-0.39, 0.29) is 238 Å². The van der Waals surface area contributed by atoms with Gasteiger partial charge in [0.25, 0.3) is 0 Å². The molecule has 0 aromatic carbocycles. The quantitative estimate of drug-likeness (QED) is 0.190. The lowest BCUT2D eigenvalue weighted by Crippen LogP contribution is -1.69. The van der Waals surface area contributed by atoms with E-state index in [9.17, 15) is 0 Å². The average molecular weight is 1060 g/mol. The SMILES string of the molecule is C.C.C.C.C.C.C.C.C.C.C.C.C.C.C.C.C.C.C.C.C.C.C.C.C.C.C.C.C.C.C.C.C#C.C#C.CC.CCC.CCC.CCC.CCC.CCC.CCC.CCC.CC[PH3+].CC[PH3+].CN. The van der Waals surface area contributed by atoms with Crippen molar-refractivity contribution < 1.29 is 0 Å². The van der Waals surface area contributed by atoms with Crippen molar-refractivity contribution >= 4 is 18.5 Å². The number of hydrogen-bond donors (Lipinski definition) is 1. The normalized spacial score (nSPS) is 2.75. The zero-order valence-corrected chi connectivity index (χ0v) is 32.5. The van der Waals surface area contributed by atoms with Gasteiger partial charge in [-0.15, -0.1) is 25.7 Å². The molecule has 0 aromatic heterocycles. The van der Waals surface area contributed by atoms with Crippen molar-refractivity contribution in [3.8, 4) is 25.7 Å². The lowest BCUT2D eigenvalue weighted by molar-refractivity contribution is 1.09. The molecule has 0 aliphatic carbocycles. The van der Waals surface area contributed by atoms with E-state index in [1.54, 1.807) is 0 Å². The van der Waals surface area contributed by atoms with Crippen LogP contribution < -0.4 is 5.73 Å². The summed E-state index contributed by atoms with van der Waals surface area (Å²) in [6.45, 7) is 38.0. The fraction of sp³-hybridized carbons (Fsp3) is 0.938. The van der Waals surface area contributed by atoms with Crippen molar-refractivity contribution in [2.45, 2.75) is 407 Å². The Morgan fingerprint density at radius 1 is 0.194 bits per heavy atom. The Labute approximate surface area is 474 Å². The first kappa shape index (κ1) is 605. The number of hydrogen-bond acceptors (Lipinski definition) is 1. The molecule has 3 heteroatoms. The first-order chi connectivity index (χ1) is 16.7. The van der Waals surface area contributed by atoms with Gasteiger partial charge in [0.1, 0.15) is 0 Å². The summed E-state index contributed by atoms with van der Waals surface area (Å²) in [5, 5.41) is 0. The van der Waals surface area contributed by atoms with Crippen LogP contribution >= 0.6 is 18.5 Å². The highest BCUT2D eigenvalue weighted by molar-refractivity contribution is 7.16. The minimum absolute atomic E-state index is 0. The number of nitrogens with two attached hydrogens (primary N) is 1. The molecule has 2 atom stereocenters. The van der Waals surface area contributed by atoms with Gasteiger partial charge in [-0.2, -0.15) is 0 Å². The van der Waals surface area contributed by atoms with Gasteiger partial charge in [0.05, 0.1) is 0 Å². The Morgan fingerprint density at radius 3 is 0.194 bits per heavy atom. The molecule has 2 unspecified atom stereocenters. The standard InChI is InChI=1S/7C3H8.2C2H7P.C2H6.2C2H2.CH5N.32CH4/c7*1-3-2;2*1-2-3;4*1-2;;;;;;;;;;;;;;;;;;;;;;;;;;;;;;;;/h7*3H2,1-2H3;2*2-3H2,1H3;1-2H3;2*1-2H;2H2,1H3;32*1H4/p+2. The molecule has 0 heterocycles. The Kier molecular flexibility index (Phi) is 31400. The minimum atomic E-state index is 0. The van der Waals surface area contributed by atoms with Crippen LogP contribution in [0.5, 0.6) is 0 Å². The maximum absolute atomic E-state index is 4.50. The second-order valence-electron chi connectivity index (χ2n) is 5.95. The molecule has 1 nitrogen and oxygen atoms in total. The maximum Gasteiger partial charge on any atom is 0.0498 e. The largest absolute Gasteiger partial charge is 0.333 e. The lowest BCUT2D eigenvalue weighted by atomic mass is 10.6. The van der Waals surface area contributed by atoms with Crippen LogP contribution in [-0.4, -0.2) is 19.4 Å². The van der Waals surface area contributed by atoms with Gasteiger partial charge in [-0.1, -0.05) is 393 Å². The van der Waals surface area contributed by atoms with E-state index in [1.807, 2.05) is 32.3 Å². The average Bonchev–Trinajstić information content (AvgIpc) is 2.84. The van der Waals surface area contributed by atoms with Gasteiger partial charge in [-0.05, 0) is 39.4 Å². The molecule has 0 amide bonds. The van der Waals surface area contributed by atoms with Crippen LogP contribution in [0.4, 0.5) is 0 Å². The van der Waals surface area contributed by atoms with Crippen LogP contribution in [-0.2, 0) is 0 Å². The molecule has 0 rings (SSSR count). The second-order valence-corrected chi connectivity index (χ2v) is 7.95. The van der Waals surface area contributed by atoms with Gasteiger partial charge < -0.3 is 5.73 Å². The topological polar surface area (TPSA) is 26.0 Å². The third-order valence-electron chi connectivity index (χ3n) is 0. The van der Waals surface area contributed by atoms with Crippen LogP contribution in [0, 0.1) is 25.7 Å². The molecule has 0 bridgehead atoms. The van der Waals surface area contributed by atoms with Gasteiger partial charge in [-0.3, -0.25) is 0 Å². The summed E-state index contributed by atoms with van der Waals surface area (Å²) in [4.78, 5) is 0. The van der Waals surface area contributed by atoms with E-state index < -0.39 is 0 Å². The van der Waals surface area contributed by atoms with E-state index in [0.29, 0.717) is 0 Å². The molecule has 0 aromatic rings. The monoisotopic (exact) mass is 1060 g/mol. The molecule has 0 saturated carbocycles. The molecular formula is C64H215NP2+2. The molecule has 2 N–H and O–H groups in total. The predicted molar refractivity (Wildman–Crippen MR) is 412 cm³/mol. The van der Waals surface area contributed by atoms with E-state index in [1.165, 1.54) is 64.3 Å². The summed E-state index contributed by atoms with van der Waals surface area (Å²) in [5.41, 5.74) is 4.50. The molecule has 67 heavy (non-hydrogen) atoms. The van der Waals surface area contributed by atoms with Crippen molar-refractivity contribution in [3.63, 3.8) is 0 Å². The van der Waals surface area contributed by atoms with E-state index in [2.05, 4.69) is 142 Å². The van der Waals surface area contributed by atoms with Crippen LogP contribution in [0.15, 0.2) is 0 Å². The molecule has 484 valence electrons. The molecule has 0 saturated heterocycles. The zero-order chi connectivity index (χ0) is 32.4. The predicted octanol–water partition coefficient (Wildman–Crippen LogP) is 32.6. The third kappa shape index (κ3) is 74900000. The first-order valence-electron chi connectivity index (χ1n) is 14.6. The van der Waals surface area contributed by atoms with Crippen LogP contribution in [0.3, 0.4) is 0 Å². The van der Waals surface area contributed by atoms with Gasteiger partial charge >= 0.3 is 0 Å². The summed E-state index contributed by atoms with van der Waals surface area (Å²) in [5.74, 6) is 0. The van der Waals surface area contributed by atoms with Gasteiger partial charge in [0.15, 0.2) is 0 Å². The minimum Gasteiger partial charge on any atom is -0.333 e. The molecule has 0 fully saturated rings. The Bertz CT molecular complexity index is 93.6. The lowest BCUT2D eigenvalue weighted by Gasteiger charge is -1.48. The van der Waals surface area contributed by atoms with Crippen LogP contribution in [0.2, 0.25) is 0 Å². The summed E-state index contributed by atoms with van der Waals surface area (Å²) in [6, 6.07) is 0. The van der Waals surface area contributed by atoms with E-state index in [4.69, 9.17) is 0 Å².